The number of carbonyl (C=O) groups excluding carboxylic acids is 3. The van der Waals surface area contributed by atoms with E-state index in [0.29, 0.717) is 36.1 Å². The fourth-order valence-corrected chi connectivity index (χ4v) is 4.31. The van der Waals surface area contributed by atoms with Crippen LogP contribution >= 0.6 is 23.2 Å². The van der Waals surface area contributed by atoms with Gasteiger partial charge in [0.05, 0.1) is 16.3 Å². The van der Waals surface area contributed by atoms with Gasteiger partial charge < -0.3 is 20.4 Å². The number of amides is 4. The minimum atomic E-state index is -0.966. The average molecular weight is 547 g/mol. The van der Waals surface area contributed by atoms with Crippen molar-refractivity contribution in [2.24, 2.45) is 0 Å². The fraction of sp³-hybridized carbons (Fsp3) is 0.120. The van der Waals surface area contributed by atoms with Crippen molar-refractivity contribution in [1.82, 2.24) is 10.2 Å². The number of carbonyl (C=O) groups is 3. The van der Waals surface area contributed by atoms with E-state index in [2.05, 4.69) is 5.32 Å². The summed E-state index contributed by atoms with van der Waals surface area (Å²) in [6, 6.07) is 10.3. The highest BCUT2D eigenvalue weighted by atomic mass is 35.5. The molecular weight excluding hydrogens is 529 g/mol. The number of imide groups is 1. The third kappa shape index (κ3) is 6.04. The Kier molecular flexibility index (Phi) is 7.70. The fourth-order valence-electron chi connectivity index (χ4n) is 3.74. The van der Waals surface area contributed by atoms with Gasteiger partial charge in [0, 0.05) is 24.3 Å². The molecule has 1 heterocycles. The molecule has 3 aromatic carbocycles. The van der Waals surface area contributed by atoms with Crippen molar-refractivity contribution < 1.29 is 27.9 Å². The number of nitrogens with zero attached hydrogens (tertiary/aromatic N) is 1. The molecule has 0 fully saturated rings. The van der Waals surface area contributed by atoms with Crippen LogP contribution in [-0.4, -0.2) is 35.5 Å². The second kappa shape index (κ2) is 10.9. The van der Waals surface area contributed by atoms with Gasteiger partial charge in [-0.15, -0.1) is 0 Å². The Balaban J connectivity index is 1.46. The van der Waals surface area contributed by atoms with E-state index < -0.39 is 23.6 Å². The largest absolute Gasteiger partial charge is 0.454 e. The second-order valence-electron chi connectivity index (χ2n) is 8.00. The summed E-state index contributed by atoms with van der Waals surface area (Å²) in [6.07, 6.45) is 0.961. The molecule has 0 saturated heterocycles. The first-order valence-electron chi connectivity index (χ1n) is 10.8. The zero-order valence-corrected chi connectivity index (χ0v) is 20.4. The van der Waals surface area contributed by atoms with E-state index in [1.807, 2.05) is 5.32 Å². The summed E-state index contributed by atoms with van der Waals surface area (Å²) in [5.41, 5.74) is 1.87. The van der Waals surface area contributed by atoms with Crippen LogP contribution in [0.4, 0.5) is 19.3 Å². The van der Waals surface area contributed by atoms with Crippen LogP contribution in [0.15, 0.2) is 48.5 Å². The molecule has 1 aliphatic rings. The Labute approximate surface area is 219 Å². The summed E-state index contributed by atoms with van der Waals surface area (Å²) in [5.74, 6) is -2.56. The zero-order chi connectivity index (χ0) is 26.7. The maximum atomic E-state index is 13.5. The lowest BCUT2D eigenvalue weighted by atomic mass is 9.98. The van der Waals surface area contributed by atoms with Crippen molar-refractivity contribution in [2.75, 3.05) is 11.9 Å². The molecule has 12 heteroatoms. The van der Waals surface area contributed by atoms with Gasteiger partial charge in [-0.1, -0.05) is 29.3 Å². The lowest BCUT2D eigenvalue weighted by molar-refractivity contribution is -0.113. The van der Waals surface area contributed by atoms with E-state index in [0.717, 1.165) is 17.7 Å². The first kappa shape index (κ1) is 26.1. The predicted octanol–water partition coefficient (Wildman–Crippen LogP) is 5.56. The minimum absolute atomic E-state index is 0.0766. The van der Waals surface area contributed by atoms with Gasteiger partial charge in [-0.3, -0.25) is 14.9 Å². The number of urea groups is 1. The second-order valence-corrected chi connectivity index (χ2v) is 8.82. The molecular formula is C25H18Cl2F2N4O4. The molecule has 3 N–H and O–H groups in total. The highest BCUT2D eigenvalue weighted by molar-refractivity contribution is 6.38. The third-order valence-corrected chi connectivity index (χ3v) is 6.01. The molecule has 0 aromatic heterocycles. The number of anilines is 1. The number of fused-ring (bicyclic) bond motifs is 1. The molecule has 190 valence electrons. The normalized spacial score (nSPS) is 12.5. The number of benzene rings is 3. The molecule has 0 unspecified atom stereocenters. The van der Waals surface area contributed by atoms with E-state index >= 15 is 0 Å². The van der Waals surface area contributed by atoms with Gasteiger partial charge in [0.2, 0.25) is 0 Å². The van der Waals surface area contributed by atoms with Gasteiger partial charge in [-0.05, 0) is 60.0 Å². The van der Waals surface area contributed by atoms with E-state index in [1.165, 1.54) is 18.2 Å². The Morgan fingerprint density at radius 3 is 2.46 bits per heavy atom. The lowest BCUT2D eigenvalue weighted by Gasteiger charge is -2.29. The predicted molar refractivity (Wildman–Crippen MR) is 134 cm³/mol. The van der Waals surface area contributed by atoms with Crippen LogP contribution in [0.1, 0.15) is 21.5 Å². The minimum Gasteiger partial charge on any atom is -0.454 e. The van der Waals surface area contributed by atoms with Crippen LogP contribution in [0.5, 0.6) is 11.5 Å². The molecule has 4 amide bonds. The van der Waals surface area contributed by atoms with Gasteiger partial charge in [0.1, 0.15) is 5.75 Å². The summed E-state index contributed by atoms with van der Waals surface area (Å²) >= 11 is 12.6. The molecule has 0 bridgehead atoms. The molecule has 4 rings (SSSR count). The highest BCUT2D eigenvalue weighted by Crippen LogP contribution is 2.39. The Morgan fingerprint density at radius 1 is 1.05 bits per heavy atom. The van der Waals surface area contributed by atoms with Gasteiger partial charge in [-0.25, -0.2) is 13.6 Å². The zero-order valence-electron chi connectivity index (χ0n) is 18.9. The first-order chi connectivity index (χ1) is 17.6. The number of rotatable bonds is 6. The molecule has 3 aromatic rings. The maximum Gasteiger partial charge on any atom is 0.326 e. The highest BCUT2D eigenvalue weighted by Gasteiger charge is 2.25. The van der Waals surface area contributed by atoms with Crippen molar-refractivity contribution in [3.63, 3.8) is 0 Å². The van der Waals surface area contributed by atoms with Crippen molar-refractivity contribution in [2.45, 2.75) is 13.0 Å². The number of hydrogen-bond donors (Lipinski definition) is 3. The average Bonchev–Trinajstić information content (AvgIpc) is 2.85. The van der Waals surface area contributed by atoms with Crippen molar-refractivity contribution >= 4 is 52.9 Å². The molecule has 0 radical (unpaired) electrons. The SMILES string of the molecule is N=CC(=O)NC(=O)Nc1cc(Cl)c(Oc2ccc3c(c2)CCN(Cc2ccc(F)c(F)c2)C3=O)c(Cl)c1. The Bertz CT molecular complexity index is 1410. The number of ether oxygens (including phenoxy) is 1. The lowest BCUT2D eigenvalue weighted by Crippen LogP contribution is -2.37. The first-order valence-corrected chi connectivity index (χ1v) is 11.6. The van der Waals surface area contributed by atoms with E-state index in [9.17, 15) is 23.2 Å². The van der Waals surface area contributed by atoms with Crippen LogP contribution in [0, 0.1) is 17.0 Å². The smallest absolute Gasteiger partial charge is 0.326 e. The molecule has 0 spiro atoms. The van der Waals surface area contributed by atoms with E-state index in [4.69, 9.17) is 33.3 Å². The van der Waals surface area contributed by atoms with E-state index in [-0.39, 0.29) is 33.9 Å². The van der Waals surface area contributed by atoms with Gasteiger partial charge in [0.25, 0.3) is 11.8 Å². The van der Waals surface area contributed by atoms with Crippen molar-refractivity contribution in [3.8, 4) is 11.5 Å². The van der Waals surface area contributed by atoms with Crippen LogP contribution in [0.25, 0.3) is 0 Å². The summed E-state index contributed by atoms with van der Waals surface area (Å²) in [7, 11) is 0. The van der Waals surface area contributed by atoms with Crippen LogP contribution < -0.4 is 15.4 Å². The Hall–Kier alpha value is -4.02. The molecule has 0 saturated carbocycles. The number of nitrogens with one attached hydrogen (secondary N) is 3. The number of halogens is 4. The van der Waals surface area contributed by atoms with Crippen LogP contribution in [0.2, 0.25) is 10.0 Å². The number of hydrogen-bond acceptors (Lipinski definition) is 5. The van der Waals surface area contributed by atoms with Crippen molar-refractivity contribution in [3.05, 3.63) is 86.9 Å². The molecule has 8 nitrogen and oxygen atoms in total. The monoisotopic (exact) mass is 546 g/mol. The Morgan fingerprint density at radius 2 is 1.78 bits per heavy atom. The molecule has 0 aliphatic carbocycles. The molecule has 1 aliphatic heterocycles. The van der Waals surface area contributed by atoms with Gasteiger partial charge in [0.15, 0.2) is 17.4 Å². The van der Waals surface area contributed by atoms with Crippen LogP contribution in [0.3, 0.4) is 0 Å². The summed E-state index contributed by atoms with van der Waals surface area (Å²) < 4.78 is 32.6. The summed E-state index contributed by atoms with van der Waals surface area (Å²) in [6.45, 7) is 0.519. The topological polar surface area (TPSA) is 112 Å². The molecule has 0 atom stereocenters. The van der Waals surface area contributed by atoms with Gasteiger partial charge >= 0.3 is 6.03 Å². The van der Waals surface area contributed by atoms with E-state index in [1.54, 1.807) is 23.1 Å². The standard InChI is InChI=1S/C25H18Cl2F2N4O4/c26-18-9-15(31-25(36)32-22(34)11-30)10-19(27)23(18)37-16-2-3-17-14(8-16)5-6-33(24(17)35)12-13-1-4-20(28)21(29)7-13/h1-4,7-11,30H,5-6,12H2,(H2,31,32,34,36). The van der Waals surface area contributed by atoms with Crippen molar-refractivity contribution in [1.29, 1.82) is 5.41 Å². The maximum absolute atomic E-state index is 13.5. The quantitative estimate of drug-likeness (QED) is 0.351. The summed E-state index contributed by atoms with van der Waals surface area (Å²) in [5, 5.41) is 11.2. The summed E-state index contributed by atoms with van der Waals surface area (Å²) in [4.78, 5) is 37.4. The molecule has 37 heavy (non-hydrogen) atoms. The van der Waals surface area contributed by atoms with Crippen LogP contribution in [-0.2, 0) is 17.8 Å². The third-order valence-electron chi connectivity index (χ3n) is 5.45. The van der Waals surface area contributed by atoms with Gasteiger partial charge in [-0.2, -0.15) is 0 Å².